The van der Waals surface area contributed by atoms with Gasteiger partial charge >= 0.3 is 0 Å². The number of hydrogen-bond acceptors (Lipinski definition) is 4. The van der Waals surface area contributed by atoms with Crippen LogP contribution in [0.2, 0.25) is 0 Å². The van der Waals surface area contributed by atoms with E-state index in [0.29, 0.717) is 23.0 Å². The first-order valence-electron chi connectivity index (χ1n) is 10.4. The van der Waals surface area contributed by atoms with Crippen LogP contribution >= 0.6 is 11.8 Å². The first-order valence-corrected chi connectivity index (χ1v) is 11.4. The molecule has 1 aromatic heterocycles. The van der Waals surface area contributed by atoms with Gasteiger partial charge in [0.05, 0.1) is 22.3 Å². The molecule has 0 aliphatic heterocycles. The summed E-state index contributed by atoms with van der Waals surface area (Å²) in [5, 5.41) is 0.580. The molecule has 0 unspecified atom stereocenters. The number of nitrogens with zero attached hydrogens (tertiary/aromatic N) is 3. The third kappa shape index (κ3) is 4.96. The van der Waals surface area contributed by atoms with Gasteiger partial charge in [-0.05, 0) is 48.9 Å². The number of aromatic nitrogens is 2. The Balaban J connectivity index is 1.65. The molecule has 168 valence electrons. The second-order valence-electron chi connectivity index (χ2n) is 7.33. The van der Waals surface area contributed by atoms with Gasteiger partial charge in [-0.25, -0.2) is 13.8 Å². The maximum Gasteiger partial charge on any atom is 0.266 e. The van der Waals surface area contributed by atoms with Crippen molar-refractivity contribution in [3.05, 3.63) is 100 Å². The zero-order valence-corrected chi connectivity index (χ0v) is 18.7. The fourth-order valence-corrected chi connectivity index (χ4v) is 4.41. The predicted octanol–water partition coefficient (Wildman–Crippen LogP) is 4.80. The van der Waals surface area contributed by atoms with Gasteiger partial charge in [0.15, 0.2) is 5.16 Å². The van der Waals surface area contributed by atoms with E-state index in [4.69, 9.17) is 0 Å². The largest absolute Gasteiger partial charge is 0.338 e. The van der Waals surface area contributed by atoms with Crippen molar-refractivity contribution in [2.45, 2.75) is 18.6 Å². The SMILES string of the molecule is CCN(Cc1cccc(F)c1)C(=O)CSc1nc2ccccc2c(=O)n1-c1ccccc1F. The molecule has 0 radical (unpaired) electrons. The molecule has 0 saturated carbocycles. The van der Waals surface area contributed by atoms with Gasteiger partial charge < -0.3 is 4.90 Å². The zero-order valence-electron chi connectivity index (χ0n) is 17.9. The van der Waals surface area contributed by atoms with Gasteiger partial charge in [0.25, 0.3) is 5.56 Å². The van der Waals surface area contributed by atoms with Crippen molar-refractivity contribution >= 4 is 28.6 Å². The summed E-state index contributed by atoms with van der Waals surface area (Å²) in [6.45, 7) is 2.53. The van der Waals surface area contributed by atoms with Crippen LogP contribution in [-0.4, -0.2) is 32.7 Å². The number of para-hydroxylation sites is 2. The molecule has 0 N–H and O–H groups in total. The topological polar surface area (TPSA) is 55.2 Å². The number of hydrogen-bond donors (Lipinski definition) is 0. The Bertz CT molecular complexity index is 1370. The Kier molecular flexibility index (Phi) is 6.84. The Labute approximate surface area is 193 Å². The summed E-state index contributed by atoms with van der Waals surface area (Å²) in [5.74, 6) is -1.14. The highest BCUT2D eigenvalue weighted by atomic mass is 32.2. The maximum absolute atomic E-state index is 14.6. The lowest BCUT2D eigenvalue weighted by molar-refractivity contribution is -0.128. The van der Waals surface area contributed by atoms with E-state index in [1.54, 1.807) is 53.4 Å². The molecule has 8 heteroatoms. The molecule has 33 heavy (non-hydrogen) atoms. The fourth-order valence-electron chi connectivity index (χ4n) is 3.50. The van der Waals surface area contributed by atoms with Crippen molar-refractivity contribution in [1.82, 2.24) is 14.5 Å². The standard InChI is InChI=1S/C25H21F2N3O2S/c1-2-29(15-17-8-7-9-18(26)14-17)23(31)16-33-25-28-21-12-5-3-10-19(21)24(32)30(25)22-13-6-4-11-20(22)27/h3-14H,2,15-16H2,1H3. The lowest BCUT2D eigenvalue weighted by atomic mass is 10.2. The van der Waals surface area contributed by atoms with E-state index < -0.39 is 11.4 Å². The average Bonchev–Trinajstić information content (AvgIpc) is 2.82. The lowest BCUT2D eigenvalue weighted by Crippen LogP contribution is -2.32. The number of carbonyl (C=O) groups is 1. The molecule has 0 aliphatic carbocycles. The van der Waals surface area contributed by atoms with Crippen LogP contribution in [0.25, 0.3) is 16.6 Å². The molecule has 1 amide bonds. The van der Waals surface area contributed by atoms with Crippen LogP contribution in [0.5, 0.6) is 0 Å². The van der Waals surface area contributed by atoms with Crippen molar-refractivity contribution in [1.29, 1.82) is 0 Å². The van der Waals surface area contributed by atoms with Gasteiger partial charge in [-0.3, -0.25) is 14.2 Å². The normalized spacial score (nSPS) is 11.0. The molecule has 0 saturated heterocycles. The third-order valence-corrected chi connectivity index (χ3v) is 6.08. The number of fused-ring (bicyclic) bond motifs is 1. The molecule has 5 nitrogen and oxygen atoms in total. The monoisotopic (exact) mass is 465 g/mol. The van der Waals surface area contributed by atoms with E-state index in [1.807, 2.05) is 6.92 Å². The first-order chi connectivity index (χ1) is 16.0. The van der Waals surface area contributed by atoms with E-state index in [9.17, 15) is 18.4 Å². The molecule has 3 aromatic carbocycles. The van der Waals surface area contributed by atoms with Crippen LogP contribution in [0, 0.1) is 11.6 Å². The minimum atomic E-state index is -0.564. The van der Waals surface area contributed by atoms with Gasteiger partial charge in [-0.15, -0.1) is 0 Å². The summed E-state index contributed by atoms with van der Waals surface area (Å²) in [6.07, 6.45) is 0. The summed E-state index contributed by atoms with van der Waals surface area (Å²) in [4.78, 5) is 32.3. The highest BCUT2D eigenvalue weighted by Gasteiger charge is 2.19. The quantitative estimate of drug-likeness (QED) is 0.291. The van der Waals surface area contributed by atoms with Gasteiger partial charge in [0.2, 0.25) is 5.91 Å². The van der Waals surface area contributed by atoms with Gasteiger partial charge in [-0.2, -0.15) is 0 Å². The second kappa shape index (κ2) is 9.95. The molecule has 0 spiro atoms. The molecule has 4 aromatic rings. The molecule has 0 bridgehead atoms. The number of halogens is 2. The Morgan fingerprint density at radius 2 is 1.79 bits per heavy atom. The van der Waals surface area contributed by atoms with E-state index in [0.717, 1.165) is 11.8 Å². The van der Waals surface area contributed by atoms with Crippen LogP contribution in [0.3, 0.4) is 0 Å². The van der Waals surface area contributed by atoms with Crippen molar-refractivity contribution in [3.8, 4) is 5.69 Å². The highest BCUT2D eigenvalue weighted by molar-refractivity contribution is 7.99. The fraction of sp³-hybridized carbons (Fsp3) is 0.160. The highest BCUT2D eigenvalue weighted by Crippen LogP contribution is 2.23. The van der Waals surface area contributed by atoms with E-state index in [1.165, 1.54) is 28.8 Å². The molecule has 0 aliphatic rings. The average molecular weight is 466 g/mol. The van der Waals surface area contributed by atoms with Crippen molar-refractivity contribution in [2.24, 2.45) is 0 Å². The van der Waals surface area contributed by atoms with Gasteiger partial charge in [0.1, 0.15) is 11.6 Å². The first kappa shape index (κ1) is 22.7. The Hall–Kier alpha value is -3.52. The molecule has 1 heterocycles. The van der Waals surface area contributed by atoms with E-state index >= 15 is 0 Å². The molecular weight excluding hydrogens is 444 g/mol. The summed E-state index contributed by atoms with van der Waals surface area (Å²) < 4.78 is 29.3. The Morgan fingerprint density at radius 3 is 2.55 bits per heavy atom. The summed E-state index contributed by atoms with van der Waals surface area (Å²) >= 11 is 1.07. The van der Waals surface area contributed by atoms with Crippen molar-refractivity contribution < 1.29 is 13.6 Å². The molecule has 0 atom stereocenters. The zero-order chi connectivity index (χ0) is 23.4. The minimum absolute atomic E-state index is 0.0115. The number of carbonyl (C=O) groups excluding carboxylic acids is 1. The van der Waals surface area contributed by atoms with Crippen LogP contribution in [0.1, 0.15) is 12.5 Å². The van der Waals surface area contributed by atoms with Crippen LogP contribution in [0.15, 0.2) is 82.7 Å². The summed E-state index contributed by atoms with van der Waals surface area (Å²) in [6, 6.07) is 18.9. The molecular formula is C25H21F2N3O2S. The maximum atomic E-state index is 14.6. The van der Waals surface area contributed by atoms with Crippen molar-refractivity contribution in [2.75, 3.05) is 12.3 Å². The number of benzene rings is 3. The smallest absolute Gasteiger partial charge is 0.266 e. The number of rotatable bonds is 7. The second-order valence-corrected chi connectivity index (χ2v) is 8.27. The van der Waals surface area contributed by atoms with Crippen molar-refractivity contribution in [3.63, 3.8) is 0 Å². The Morgan fingerprint density at radius 1 is 1.03 bits per heavy atom. The van der Waals surface area contributed by atoms with Gasteiger partial charge in [0, 0.05) is 13.1 Å². The van der Waals surface area contributed by atoms with E-state index in [2.05, 4.69) is 4.98 Å². The lowest BCUT2D eigenvalue weighted by Gasteiger charge is -2.21. The minimum Gasteiger partial charge on any atom is -0.338 e. The van der Waals surface area contributed by atoms with E-state index in [-0.39, 0.29) is 34.9 Å². The van der Waals surface area contributed by atoms with Crippen LogP contribution in [-0.2, 0) is 11.3 Å². The third-order valence-electron chi connectivity index (χ3n) is 5.16. The van der Waals surface area contributed by atoms with Crippen LogP contribution in [0.4, 0.5) is 8.78 Å². The van der Waals surface area contributed by atoms with Gasteiger partial charge in [-0.1, -0.05) is 48.2 Å². The predicted molar refractivity (Wildman–Crippen MR) is 126 cm³/mol. The summed E-state index contributed by atoms with van der Waals surface area (Å²) in [5.41, 5.74) is 0.815. The summed E-state index contributed by atoms with van der Waals surface area (Å²) in [7, 11) is 0. The number of thioether (sulfide) groups is 1. The van der Waals surface area contributed by atoms with Crippen LogP contribution < -0.4 is 5.56 Å². The molecule has 0 fully saturated rings. The number of amides is 1. The molecule has 4 rings (SSSR count).